The molecule has 11 heteroatoms. The van der Waals surface area contributed by atoms with Gasteiger partial charge in [-0.1, -0.05) is 13.0 Å². The number of phenols is 1. The first kappa shape index (κ1) is 30.0. The average molecular weight is 653 g/mol. The highest BCUT2D eigenvalue weighted by molar-refractivity contribution is 6.04. The third-order valence-electron chi connectivity index (χ3n) is 11.3. The normalized spacial score (nSPS) is 25.7. The van der Waals surface area contributed by atoms with Crippen LogP contribution >= 0.6 is 0 Å². The molecule has 4 saturated heterocycles. The van der Waals surface area contributed by atoms with Crippen molar-refractivity contribution in [2.75, 3.05) is 44.3 Å². The molecule has 5 fully saturated rings. The summed E-state index contributed by atoms with van der Waals surface area (Å²) in [5, 5.41) is 26.2. The molecule has 2 unspecified atom stereocenters. The van der Waals surface area contributed by atoms with Crippen LogP contribution in [0, 0.1) is 28.4 Å². The van der Waals surface area contributed by atoms with E-state index in [4.69, 9.17) is 14.5 Å². The van der Waals surface area contributed by atoms with Crippen molar-refractivity contribution in [2.24, 2.45) is 5.41 Å². The Kier molecular flexibility index (Phi) is 7.01. The summed E-state index contributed by atoms with van der Waals surface area (Å²) in [4.78, 5) is 14.3. The number of aromatic nitrogens is 2. The summed E-state index contributed by atoms with van der Waals surface area (Å²) >= 11 is 0. The minimum absolute atomic E-state index is 0.00654. The van der Waals surface area contributed by atoms with Crippen LogP contribution < -0.4 is 15.0 Å². The number of phenolic OH excluding ortho intramolecular Hbond substituents is 1. The largest absolute Gasteiger partial charge is 0.508 e. The molecule has 2 N–H and O–H groups in total. The van der Waals surface area contributed by atoms with Gasteiger partial charge < -0.3 is 24.8 Å². The SMILES string of the molecule is CCc1c(F)ccc2cc(O)cc(-c3c(C#N)cc4c(N5CC6CCC(C5)N6)nc(OCC5(CN6C[C@H]7C[C@@H]6CO7)CC5)nc4c3F)c12. The predicted molar refractivity (Wildman–Crippen MR) is 177 cm³/mol. The van der Waals surface area contributed by atoms with Crippen LogP contribution in [0.25, 0.3) is 32.8 Å². The number of halogens is 2. The van der Waals surface area contributed by atoms with Crippen LogP contribution in [0.5, 0.6) is 11.8 Å². The molecule has 4 aromatic rings. The number of likely N-dealkylation sites (tertiary alicyclic amines) is 1. The summed E-state index contributed by atoms with van der Waals surface area (Å²) in [6.07, 6.45) is 5.99. The van der Waals surface area contributed by atoms with Gasteiger partial charge in [0.15, 0.2) is 5.82 Å². The van der Waals surface area contributed by atoms with E-state index >= 15 is 8.78 Å². The number of nitrogens with zero attached hydrogens (tertiary/aromatic N) is 5. The number of hydrogen-bond donors (Lipinski definition) is 2. The zero-order valence-corrected chi connectivity index (χ0v) is 26.9. The molecule has 5 aliphatic rings. The van der Waals surface area contributed by atoms with Crippen molar-refractivity contribution in [1.82, 2.24) is 20.2 Å². The second-order valence-corrected chi connectivity index (χ2v) is 14.5. The fraction of sp³-hybridized carbons (Fsp3) is 0.486. The van der Waals surface area contributed by atoms with E-state index in [1.54, 1.807) is 12.1 Å². The maximum absolute atomic E-state index is 17.2. The van der Waals surface area contributed by atoms with Crippen molar-refractivity contribution in [3.8, 4) is 29.0 Å². The molecule has 48 heavy (non-hydrogen) atoms. The van der Waals surface area contributed by atoms with Crippen molar-refractivity contribution in [1.29, 1.82) is 5.26 Å². The Bertz CT molecular complexity index is 2000. The van der Waals surface area contributed by atoms with Crippen molar-refractivity contribution in [3.63, 3.8) is 0 Å². The molecule has 9 rings (SSSR count). The first-order chi connectivity index (χ1) is 23.3. The van der Waals surface area contributed by atoms with E-state index in [0.717, 1.165) is 51.8 Å². The van der Waals surface area contributed by atoms with E-state index in [1.165, 1.54) is 18.2 Å². The molecule has 248 valence electrons. The lowest BCUT2D eigenvalue weighted by atomic mass is 9.89. The van der Waals surface area contributed by atoms with Crippen LogP contribution in [0.15, 0.2) is 30.3 Å². The number of aromatic hydroxyl groups is 1. The number of benzene rings is 3. The zero-order valence-electron chi connectivity index (χ0n) is 26.9. The van der Waals surface area contributed by atoms with Crippen LogP contribution in [-0.2, 0) is 11.2 Å². The Balaban J connectivity index is 1.17. The topological polar surface area (TPSA) is 107 Å². The summed E-state index contributed by atoms with van der Waals surface area (Å²) in [6.45, 7) is 6.34. The molecule has 3 aromatic carbocycles. The fourth-order valence-corrected chi connectivity index (χ4v) is 8.71. The lowest BCUT2D eigenvalue weighted by molar-refractivity contribution is 0.0176. The van der Waals surface area contributed by atoms with Crippen LogP contribution in [-0.4, -0.2) is 83.6 Å². The predicted octanol–water partition coefficient (Wildman–Crippen LogP) is 5.44. The first-order valence-corrected chi connectivity index (χ1v) is 17.2. The van der Waals surface area contributed by atoms with Gasteiger partial charge in [-0.25, -0.2) is 8.78 Å². The Labute approximate surface area is 277 Å². The maximum atomic E-state index is 17.2. The quantitative estimate of drug-likeness (QED) is 0.257. The van der Waals surface area contributed by atoms with E-state index in [-0.39, 0.29) is 39.4 Å². The smallest absolute Gasteiger partial charge is 0.319 e. The highest BCUT2D eigenvalue weighted by Gasteiger charge is 2.49. The van der Waals surface area contributed by atoms with Crippen LogP contribution in [0.1, 0.15) is 50.2 Å². The second-order valence-electron chi connectivity index (χ2n) is 14.5. The number of fused-ring (bicyclic) bond motifs is 6. The summed E-state index contributed by atoms with van der Waals surface area (Å²) in [5.41, 5.74) is 0.734. The number of anilines is 1. The van der Waals surface area contributed by atoms with Gasteiger partial charge in [-0.3, -0.25) is 4.90 Å². The number of piperazine rings is 1. The Hall–Kier alpha value is -4.11. The second kappa shape index (κ2) is 11.2. The maximum Gasteiger partial charge on any atom is 0.319 e. The van der Waals surface area contributed by atoms with Gasteiger partial charge in [0.05, 0.1) is 31.0 Å². The van der Waals surface area contributed by atoms with Gasteiger partial charge in [0, 0.05) is 60.7 Å². The van der Waals surface area contributed by atoms with E-state index < -0.39 is 11.6 Å². The van der Waals surface area contributed by atoms with E-state index in [0.29, 0.717) is 77.9 Å². The van der Waals surface area contributed by atoms with Crippen molar-refractivity contribution in [3.05, 3.63) is 53.1 Å². The number of nitriles is 1. The number of nitrogens with one attached hydrogen (secondary N) is 1. The van der Waals surface area contributed by atoms with E-state index in [9.17, 15) is 10.4 Å². The Morgan fingerprint density at radius 1 is 1.12 bits per heavy atom. The van der Waals surface area contributed by atoms with E-state index in [2.05, 4.69) is 26.2 Å². The van der Waals surface area contributed by atoms with Crippen molar-refractivity contribution >= 4 is 27.5 Å². The number of ether oxygens (including phenoxy) is 2. The van der Waals surface area contributed by atoms with Gasteiger partial charge in [-0.05, 0) is 84.7 Å². The molecule has 0 amide bonds. The third-order valence-corrected chi connectivity index (χ3v) is 11.3. The van der Waals surface area contributed by atoms with Gasteiger partial charge in [0.2, 0.25) is 0 Å². The molecule has 4 atom stereocenters. The summed E-state index contributed by atoms with van der Waals surface area (Å²) in [6, 6.07) is 10.9. The molecule has 4 aliphatic heterocycles. The number of rotatable bonds is 8. The van der Waals surface area contributed by atoms with Crippen LogP contribution in [0.3, 0.4) is 0 Å². The highest BCUT2D eigenvalue weighted by Crippen LogP contribution is 2.48. The minimum atomic E-state index is -0.719. The highest BCUT2D eigenvalue weighted by atomic mass is 19.1. The molecule has 1 aromatic heterocycles. The molecular weight excluding hydrogens is 614 g/mol. The third kappa shape index (κ3) is 4.96. The van der Waals surface area contributed by atoms with Gasteiger partial charge in [0.25, 0.3) is 0 Å². The van der Waals surface area contributed by atoms with E-state index in [1.807, 2.05) is 6.92 Å². The van der Waals surface area contributed by atoms with Gasteiger partial charge in [-0.2, -0.15) is 15.2 Å². The summed E-state index contributed by atoms with van der Waals surface area (Å²) in [5.74, 6) is -0.697. The van der Waals surface area contributed by atoms with Gasteiger partial charge in [-0.15, -0.1) is 0 Å². The Morgan fingerprint density at radius 2 is 1.94 bits per heavy atom. The molecule has 4 bridgehead atoms. The van der Waals surface area contributed by atoms with Crippen molar-refractivity contribution in [2.45, 2.75) is 69.7 Å². The van der Waals surface area contributed by atoms with Gasteiger partial charge in [0.1, 0.15) is 22.9 Å². The molecule has 1 saturated carbocycles. The number of hydrogen-bond acceptors (Lipinski definition) is 9. The zero-order chi connectivity index (χ0) is 32.7. The Morgan fingerprint density at radius 3 is 2.62 bits per heavy atom. The number of morpholine rings is 1. The minimum Gasteiger partial charge on any atom is -0.508 e. The molecule has 1 aliphatic carbocycles. The summed E-state index contributed by atoms with van der Waals surface area (Å²) in [7, 11) is 0. The molecule has 9 nitrogen and oxygen atoms in total. The molecule has 0 spiro atoms. The van der Waals surface area contributed by atoms with Gasteiger partial charge >= 0.3 is 6.01 Å². The lowest BCUT2D eigenvalue weighted by Gasteiger charge is -2.34. The lowest BCUT2D eigenvalue weighted by Crippen LogP contribution is -2.51. The molecular formula is C37H38F2N6O3. The van der Waals surface area contributed by atoms with Crippen LogP contribution in [0.4, 0.5) is 14.6 Å². The average Bonchev–Trinajstić information content (AvgIpc) is 3.34. The van der Waals surface area contributed by atoms with Crippen molar-refractivity contribution < 1.29 is 23.4 Å². The van der Waals surface area contributed by atoms with Crippen LogP contribution in [0.2, 0.25) is 0 Å². The standard InChI is InChI=1S/C37H38F2N6O3/c1-2-27-30(38)6-3-20-9-25(46)12-28(31(20)27)32-21(13-40)10-29-34(33(32)39)42-36(43-35(29)44-14-22-4-5-23(15-44)41-22)48-19-37(7-8-37)18-45-16-26-11-24(45)17-47-26/h3,6,9-10,12,22-24,26,41,46H,2,4-5,7-8,11,14-19H2,1H3/t22?,23?,24-,26-/m1/s1. The fourth-order valence-electron chi connectivity index (χ4n) is 8.71. The molecule has 5 heterocycles. The monoisotopic (exact) mass is 652 g/mol. The summed E-state index contributed by atoms with van der Waals surface area (Å²) < 4.78 is 44.5. The number of aryl methyl sites for hydroxylation is 1. The first-order valence-electron chi connectivity index (χ1n) is 17.2. The molecule has 0 radical (unpaired) electrons.